The van der Waals surface area contributed by atoms with Gasteiger partial charge in [0, 0.05) is 18.2 Å². The van der Waals surface area contributed by atoms with Gasteiger partial charge in [-0.2, -0.15) is 4.52 Å². The molecule has 0 saturated heterocycles. The second-order valence-electron chi connectivity index (χ2n) is 4.33. The molecule has 7 heteroatoms. The number of methoxy groups -OCH3 is 1. The third kappa shape index (κ3) is 2.63. The fourth-order valence-corrected chi connectivity index (χ4v) is 1.93. The summed E-state index contributed by atoms with van der Waals surface area (Å²) in [4.78, 5) is 0. The van der Waals surface area contributed by atoms with E-state index in [2.05, 4.69) is 15.3 Å². The lowest BCUT2D eigenvalue weighted by atomic mass is 10.2. The Morgan fingerprint density at radius 3 is 2.62 bits per heavy atom. The van der Waals surface area contributed by atoms with Gasteiger partial charge in [0.05, 0.1) is 7.11 Å². The topological polar surface area (TPSA) is 87.6 Å². The highest BCUT2D eigenvalue weighted by Crippen LogP contribution is 2.21. The van der Waals surface area contributed by atoms with E-state index < -0.39 is 0 Å². The van der Waals surface area contributed by atoms with Gasteiger partial charge in [0.1, 0.15) is 12.4 Å². The Morgan fingerprint density at radius 1 is 1.10 bits per heavy atom. The maximum Gasteiger partial charge on any atom is 0.231 e. The van der Waals surface area contributed by atoms with E-state index in [9.17, 15) is 0 Å². The highest BCUT2D eigenvalue weighted by atomic mass is 16.5. The number of hydrogen-bond acceptors (Lipinski definition) is 6. The number of nitrogens with zero attached hydrogens (tertiary/aromatic N) is 4. The molecule has 0 fully saturated rings. The fourth-order valence-electron chi connectivity index (χ4n) is 1.93. The van der Waals surface area contributed by atoms with Crippen LogP contribution in [-0.2, 0) is 0 Å². The molecule has 0 aliphatic rings. The molecule has 0 atom stereocenters. The smallest absolute Gasteiger partial charge is 0.231 e. The predicted octanol–water partition coefficient (Wildman–Crippen LogP) is 1.14. The van der Waals surface area contributed by atoms with Gasteiger partial charge in [-0.1, -0.05) is 0 Å². The lowest BCUT2D eigenvalue weighted by molar-refractivity contribution is 0.310. The molecule has 0 spiro atoms. The summed E-state index contributed by atoms with van der Waals surface area (Å²) in [7, 11) is 1.63. The minimum absolute atomic E-state index is 0.415. The summed E-state index contributed by atoms with van der Waals surface area (Å²) >= 11 is 0. The van der Waals surface area contributed by atoms with Gasteiger partial charge in [0.25, 0.3) is 0 Å². The van der Waals surface area contributed by atoms with Crippen molar-refractivity contribution < 1.29 is 9.47 Å². The Balaban J connectivity index is 2.00. The SMILES string of the molecule is COc1ccc(-c2nnc3ccc(OCCN)nn23)cc1. The highest BCUT2D eigenvalue weighted by Gasteiger charge is 2.10. The molecule has 1 aromatic carbocycles. The van der Waals surface area contributed by atoms with Crippen LogP contribution in [0.15, 0.2) is 36.4 Å². The maximum atomic E-state index is 5.43. The quantitative estimate of drug-likeness (QED) is 0.756. The summed E-state index contributed by atoms with van der Waals surface area (Å²) < 4.78 is 12.2. The van der Waals surface area contributed by atoms with E-state index in [0.717, 1.165) is 11.3 Å². The summed E-state index contributed by atoms with van der Waals surface area (Å²) in [5.74, 6) is 1.92. The van der Waals surface area contributed by atoms with Crippen molar-refractivity contribution in [3.8, 4) is 23.0 Å². The number of hydrogen-bond donors (Lipinski definition) is 1. The zero-order valence-corrected chi connectivity index (χ0v) is 11.6. The molecular formula is C14H15N5O2. The van der Waals surface area contributed by atoms with Crippen LogP contribution in [-0.4, -0.2) is 40.1 Å². The molecule has 21 heavy (non-hydrogen) atoms. The number of nitrogens with two attached hydrogens (primary N) is 1. The Bertz CT molecular complexity index is 739. The predicted molar refractivity (Wildman–Crippen MR) is 77.3 cm³/mol. The van der Waals surface area contributed by atoms with Crippen LogP contribution in [0.3, 0.4) is 0 Å². The molecule has 0 bridgehead atoms. The molecule has 0 aliphatic heterocycles. The van der Waals surface area contributed by atoms with E-state index in [1.54, 1.807) is 23.8 Å². The Kier molecular flexibility index (Phi) is 3.65. The molecule has 2 N–H and O–H groups in total. The van der Waals surface area contributed by atoms with Gasteiger partial charge >= 0.3 is 0 Å². The van der Waals surface area contributed by atoms with E-state index in [0.29, 0.717) is 30.5 Å². The first-order chi connectivity index (χ1) is 10.3. The Labute approximate surface area is 121 Å². The zero-order chi connectivity index (χ0) is 14.7. The van der Waals surface area contributed by atoms with Gasteiger partial charge in [0.2, 0.25) is 5.88 Å². The molecule has 0 aliphatic carbocycles. The number of benzene rings is 1. The van der Waals surface area contributed by atoms with Crippen LogP contribution in [0.1, 0.15) is 0 Å². The molecule has 3 aromatic rings. The van der Waals surface area contributed by atoms with Crippen molar-refractivity contribution >= 4 is 5.65 Å². The third-order valence-electron chi connectivity index (χ3n) is 2.95. The first-order valence-corrected chi connectivity index (χ1v) is 6.51. The van der Waals surface area contributed by atoms with Crippen LogP contribution in [0.25, 0.3) is 17.0 Å². The molecule has 0 radical (unpaired) electrons. The largest absolute Gasteiger partial charge is 0.497 e. The number of ether oxygens (including phenoxy) is 2. The van der Waals surface area contributed by atoms with Gasteiger partial charge in [-0.05, 0) is 30.3 Å². The van der Waals surface area contributed by atoms with E-state index in [1.807, 2.05) is 24.3 Å². The lowest BCUT2D eigenvalue weighted by Gasteiger charge is -2.05. The van der Waals surface area contributed by atoms with Crippen LogP contribution < -0.4 is 15.2 Å². The van der Waals surface area contributed by atoms with Crippen molar-refractivity contribution in [3.63, 3.8) is 0 Å². The van der Waals surface area contributed by atoms with Crippen LogP contribution in [0.4, 0.5) is 0 Å². The van der Waals surface area contributed by atoms with Gasteiger partial charge < -0.3 is 15.2 Å². The van der Waals surface area contributed by atoms with Gasteiger partial charge in [-0.25, -0.2) is 0 Å². The van der Waals surface area contributed by atoms with Crippen molar-refractivity contribution in [2.45, 2.75) is 0 Å². The summed E-state index contributed by atoms with van der Waals surface area (Å²) in [6.45, 7) is 0.853. The molecule has 0 unspecified atom stereocenters. The van der Waals surface area contributed by atoms with Crippen molar-refractivity contribution in [1.29, 1.82) is 0 Å². The standard InChI is InChI=1S/C14H15N5O2/c1-20-11-4-2-10(3-5-11)14-17-16-12-6-7-13(18-19(12)14)21-9-8-15/h2-7H,8-9,15H2,1H3. The van der Waals surface area contributed by atoms with Crippen molar-refractivity contribution in [1.82, 2.24) is 19.8 Å². The molecular weight excluding hydrogens is 270 g/mol. The fraction of sp³-hybridized carbons (Fsp3) is 0.214. The lowest BCUT2D eigenvalue weighted by Crippen LogP contribution is -2.12. The molecule has 7 nitrogen and oxygen atoms in total. The first kappa shape index (κ1) is 13.3. The second kappa shape index (κ2) is 5.76. The Morgan fingerprint density at radius 2 is 1.90 bits per heavy atom. The summed E-state index contributed by atoms with van der Waals surface area (Å²) in [5, 5.41) is 12.6. The monoisotopic (exact) mass is 285 g/mol. The second-order valence-corrected chi connectivity index (χ2v) is 4.33. The summed E-state index contributed by atoms with van der Waals surface area (Å²) in [6.07, 6.45) is 0. The van der Waals surface area contributed by atoms with Crippen LogP contribution in [0, 0.1) is 0 Å². The van der Waals surface area contributed by atoms with Crippen molar-refractivity contribution in [2.75, 3.05) is 20.3 Å². The number of fused-ring (bicyclic) bond motifs is 1. The maximum absolute atomic E-state index is 5.43. The summed E-state index contributed by atoms with van der Waals surface area (Å²) in [5.41, 5.74) is 6.97. The van der Waals surface area contributed by atoms with Gasteiger partial charge in [-0.3, -0.25) is 0 Å². The molecule has 108 valence electrons. The van der Waals surface area contributed by atoms with E-state index in [-0.39, 0.29) is 0 Å². The van der Waals surface area contributed by atoms with Crippen LogP contribution in [0.2, 0.25) is 0 Å². The van der Waals surface area contributed by atoms with Crippen LogP contribution >= 0.6 is 0 Å². The summed E-state index contributed by atoms with van der Waals surface area (Å²) in [6, 6.07) is 11.1. The Hall–Kier alpha value is -2.67. The van der Waals surface area contributed by atoms with E-state index in [4.69, 9.17) is 15.2 Å². The number of rotatable bonds is 5. The van der Waals surface area contributed by atoms with E-state index >= 15 is 0 Å². The molecule has 0 amide bonds. The van der Waals surface area contributed by atoms with Crippen LogP contribution in [0.5, 0.6) is 11.6 Å². The third-order valence-corrected chi connectivity index (χ3v) is 2.95. The molecule has 0 saturated carbocycles. The zero-order valence-electron chi connectivity index (χ0n) is 11.6. The average Bonchev–Trinajstić information content (AvgIpc) is 2.96. The van der Waals surface area contributed by atoms with Crippen molar-refractivity contribution in [2.24, 2.45) is 5.73 Å². The average molecular weight is 285 g/mol. The molecule has 3 rings (SSSR count). The van der Waals surface area contributed by atoms with Crippen molar-refractivity contribution in [3.05, 3.63) is 36.4 Å². The van der Waals surface area contributed by atoms with Gasteiger partial charge in [0.15, 0.2) is 11.5 Å². The minimum atomic E-state index is 0.415. The molecule has 2 heterocycles. The highest BCUT2D eigenvalue weighted by molar-refractivity contribution is 5.59. The normalized spacial score (nSPS) is 10.8. The number of aromatic nitrogens is 4. The molecule has 2 aromatic heterocycles. The van der Waals surface area contributed by atoms with E-state index in [1.165, 1.54) is 0 Å². The first-order valence-electron chi connectivity index (χ1n) is 6.51. The minimum Gasteiger partial charge on any atom is -0.497 e. The van der Waals surface area contributed by atoms with Gasteiger partial charge in [-0.15, -0.1) is 15.3 Å².